The van der Waals surface area contributed by atoms with Gasteiger partial charge in [0.05, 0.1) is 5.69 Å². The maximum atomic E-state index is 11.4. The van der Waals surface area contributed by atoms with E-state index in [0.29, 0.717) is 10.8 Å². The van der Waals surface area contributed by atoms with Gasteiger partial charge < -0.3 is 5.11 Å². The van der Waals surface area contributed by atoms with Crippen LogP contribution in [-0.4, -0.2) is 16.1 Å². The van der Waals surface area contributed by atoms with Gasteiger partial charge in [-0.15, -0.1) is 11.3 Å². The number of benzene rings is 1. The molecule has 1 fully saturated rings. The largest absolute Gasteiger partial charge is 0.477 e. The molecular weight excluding hydrogens is 270 g/mol. The van der Waals surface area contributed by atoms with Crippen LogP contribution in [0.3, 0.4) is 0 Å². The van der Waals surface area contributed by atoms with Crippen molar-refractivity contribution < 1.29 is 9.90 Å². The molecule has 0 aliphatic heterocycles. The van der Waals surface area contributed by atoms with E-state index in [-0.39, 0.29) is 0 Å². The molecule has 1 aromatic heterocycles. The highest BCUT2D eigenvalue weighted by molar-refractivity contribution is 7.17. The van der Waals surface area contributed by atoms with Crippen molar-refractivity contribution in [3.63, 3.8) is 0 Å². The first-order valence-electron chi connectivity index (χ1n) is 6.79. The lowest BCUT2D eigenvalue weighted by molar-refractivity contribution is 0.0700. The van der Waals surface area contributed by atoms with Gasteiger partial charge in [-0.1, -0.05) is 17.7 Å². The normalized spacial score (nSPS) is 14.6. The number of rotatable bonds is 3. The van der Waals surface area contributed by atoms with E-state index >= 15 is 0 Å². The minimum atomic E-state index is -0.849. The summed E-state index contributed by atoms with van der Waals surface area (Å²) in [6.07, 6.45) is 2.13. The van der Waals surface area contributed by atoms with Crippen LogP contribution in [0.2, 0.25) is 0 Å². The lowest BCUT2D eigenvalue weighted by Crippen LogP contribution is -1.97. The number of hydrogen-bond donors (Lipinski definition) is 1. The van der Waals surface area contributed by atoms with Crippen LogP contribution in [0, 0.1) is 20.8 Å². The van der Waals surface area contributed by atoms with E-state index < -0.39 is 5.97 Å². The molecule has 3 nitrogen and oxygen atoms in total. The second-order valence-corrected chi connectivity index (χ2v) is 6.59. The molecule has 0 spiro atoms. The highest BCUT2D eigenvalue weighted by Crippen LogP contribution is 2.45. The molecule has 1 aliphatic rings. The summed E-state index contributed by atoms with van der Waals surface area (Å²) in [5.74, 6) is -0.491. The van der Waals surface area contributed by atoms with Gasteiger partial charge >= 0.3 is 5.97 Å². The van der Waals surface area contributed by atoms with E-state index in [4.69, 9.17) is 0 Å². The third kappa shape index (κ3) is 2.24. The summed E-state index contributed by atoms with van der Waals surface area (Å²) in [6, 6.07) is 4.25. The molecule has 0 atom stereocenters. The average Bonchev–Trinajstić information content (AvgIpc) is 3.08. The third-order valence-electron chi connectivity index (χ3n) is 3.70. The van der Waals surface area contributed by atoms with E-state index in [1.807, 2.05) is 0 Å². The van der Waals surface area contributed by atoms with Crippen molar-refractivity contribution in [1.29, 1.82) is 0 Å². The van der Waals surface area contributed by atoms with Crippen LogP contribution in [-0.2, 0) is 0 Å². The molecule has 2 aromatic rings. The number of carbonyl (C=O) groups is 1. The Labute approximate surface area is 122 Å². The first kappa shape index (κ1) is 13.3. The highest BCUT2D eigenvalue weighted by Gasteiger charge is 2.32. The Morgan fingerprint density at radius 3 is 2.35 bits per heavy atom. The van der Waals surface area contributed by atoms with Gasteiger partial charge in [-0.25, -0.2) is 9.78 Å². The van der Waals surface area contributed by atoms with Gasteiger partial charge in [0.25, 0.3) is 0 Å². The Balaban J connectivity index is 2.16. The van der Waals surface area contributed by atoms with Crippen molar-refractivity contribution in [3.8, 4) is 10.6 Å². The number of nitrogens with zero attached hydrogens (tertiary/aromatic N) is 1. The van der Waals surface area contributed by atoms with Gasteiger partial charge in [0.15, 0.2) is 0 Å². The average molecular weight is 287 g/mol. The maximum Gasteiger partial charge on any atom is 0.347 e. The molecule has 0 radical (unpaired) electrons. The fraction of sp³-hybridized carbons (Fsp3) is 0.375. The second kappa shape index (κ2) is 4.70. The van der Waals surface area contributed by atoms with Crippen molar-refractivity contribution in [1.82, 2.24) is 4.98 Å². The number of aryl methyl sites for hydroxylation is 3. The number of thiazole rings is 1. The summed E-state index contributed by atoms with van der Waals surface area (Å²) in [6.45, 7) is 6.20. The minimum Gasteiger partial charge on any atom is -0.477 e. The fourth-order valence-corrected chi connectivity index (χ4v) is 3.91. The number of carboxylic acid groups (broad SMARTS) is 1. The maximum absolute atomic E-state index is 11.4. The van der Waals surface area contributed by atoms with Crippen molar-refractivity contribution in [3.05, 3.63) is 39.4 Å². The molecule has 0 saturated heterocycles. The minimum absolute atomic E-state index is 0.358. The number of aromatic nitrogens is 1. The molecule has 4 heteroatoms. The SMILES string of the molecule is Cc1cc(C)c(-c2nc(C3CC3)c(C(=O)O)s2)c(C)c1. The number of aromatic carboxylic acids is 1. The molecular formula is C16H17NO2S. The summed E-state index contributed by atoms with van der Waals surface area (Å²) < 4.78 is 0. The van der Waals surface area contributed by atoms with Crippen molar-refractivity contribution in [2.75, 3.05) is 0 Å². The highest BCUT2D eigenvalue weighted by atomic mass is 32.1. The number of carboxylic acids is 1. The summed E-state index contributed by atoms with van der Waals surface area (Å²) in [5.41, 5.74) is 5.43. The van der Waals surface area contributed by atoms with Gasteiger partial charge in [0.1, 0.15) is 9.88 Å². The zero-order valence-electron chi connectivity index (χ0n) is 11.9. The molecule has 0 amide bonds. The van der Waals surface area contributed by atoms with Crippen LogP contribution in [0.5, 0.6) is 0 Å². The van der Waals surface area contributed by atoms with Crippen LogP contribution >= 0.6 is 11.3 Å². The van der Waals surface area contributed by atoms with Crippen molar-refractivity contribution in [2.45, 2.75) is 39.5 Å². The molecule has 1 heterocycles. The third-order valence-corrected chi connectivity index (χ3v) is 4.78. The molecule has 0 bridgehead atoms. The molecule has 3 rings (SSSR count). The molecule has 0 unspecified atom stereocenters. The Hall–Kier alpha value is -1.68. The smallest absolute Gasteiger partial charge is 0.347 e. The van der Waals surface area contributed by atoms with Crippen LogP contribution in [0.1, 0.15) is 50.8 Å². The standard InChI is InChI=1S/C16H17NO2S/c1-8-6-9(2)12(10(3)7-8)15-17-13(11-4-5-11)14(20-15)16(18)19/h6-7,11H,4-5H2,1-3H3,(H,18,19). The molecule has 20 heavy (non-hydrogen) atoms. The number of hydrogen-bond acceptors (Lipinski definition) is 3. The van der Waals surface area contributed by atoms with Gasteiger partial charge in [0.2, 0.25) is 0 Å². The van der Waals surface area contributed by atoms with Crippen LogP contribution in [0.15, 0.2) is 12.1 Å². The summed E-state index contributed by atoms with van der Waals surface area (Å²) >= 11 is 1.31. The molecule has 1 saturated carbocycles. The monoisotopic (exact) mass is 287 g/mol. The lowest BCUT2D eigenvalue weighted by atomic mass is 10.0. The van der Waals surface area contributed by atoms with Crippen LogP contribution < -0.4 is 0 Å². The molecule has 1 aliphatic carbocycles. The Bertz CT molecular complexity index is 675. The van der Waals surface area contributed by atoms with Crippen LogP contribution in [0.25, 0.3) is 10.6 Å². The first-order valence-corrected chi connectivity index (χ1v) is 7.61. The second-order valence-electron chi connectivity index (χ2n) is 5.59. The summed E-state index contributed by atoms with van der Waals surface area (Å²) in [7, 11) is 0. The fourth-order valence-electron chi connectivity index (χ4n) is 2.74. The van der Waals surface area contributed by atoms with E-state index in [1.165, 1.54) is 16.9 Å². The zero-order chi connectivity index (χ0) is 14.4. The van der Waals surface area contributed by atoms with Gasteiger partial charge in [-0.3, -0.25) is 0 Å². The Morgan fingerprint density at radius 2 is 1.85 bits per heavy atom. The molecule has 1 N–H and O–H groups in total. The van der Waals surface area contributed by atoms with E-state index in [2.05, 4.69) is 37.9 Å². The quantitative estimate of drug-likeness (QED) is 0.915. The predicted octanol–water partition coefficient (Wildman–Crippen LogP) is 4.31. The zero-order valence-corrected chi connectivity index (χ0v) is 12.7. The van der Waals surface area contributed by atoms with Crippen LogP contribution in [0.4, 0.5) is 0 Å². The molecule has 1 aromatic carbocycles. The van der Waals surface area contributed by atoms with Gasteiger partial charge in [-0.05, 0) is 44.7 Å². The molecule has 104 valence electrons. The summed E-state index contributed by atoms with van der Waals surface area (Å²) in [5, 5.41) is 10.2. The predicted molar refractivity (Wildman–Crippen MR) is 80.7 cm³/mol. The van der Waals surface area contributed by atoms with Gasteiger partial charge in [-0.2, -0.15) is 0 Å². The van der Waals surface area contributed by atoms with E-state index in [9.17, 15) is 9.90 Å². The lowest BCUT2D eigenvalue weighted by Gasteiger charge is -2.08. The Kier molecular flexibility index (Phi) is 3.13. The van der Waals surface area contributed by atoms with Gasteiger partial charge in [0, 0.05) is 11.5 Å². The topological polar surface area (TPSA) is 50.2 Å². The van der Waals surface area contributed by atoms with Crippen molar-refractivity contribution >= 4 is 17.3 Å². The first-order chi connectivity index (χ1) is 9.47. The Morgan fingerprint density at radius 1 is 1.25 bits per heavy atom. The van der Waals surface area contributed by atoms with E-state index in [1.54, 1.807) is 0 Å². The van der Waals surface area contributed by atoms with Crippen molar-refractivity contribution in [2.24, 2.45) is 0 Å². The summed E-state index contributed by atoms with van der Waals surface area (Å²) in [4.78, 5) is 16.5. The van der Waals surface area contributed by atoms with E-state index in [0.717, 1.165) is 40.2 Å².